The normalized spacial score (nSPS) is 10.7. The Hall–Kier alpha value is -2.27. The number of hydrogen-bond donors (Lipinski definition) is 0. The fourth-order valence-corrected chi connectivity index (χ4v) is 2.81. The van der Waals surface area contributed by atoms with E-state index in [0.717, 1.165) is 21.5 Å². The molecule has 20 heavy (non-hydrogen) atoms. The zero-order chi connectivity index (χ0) is 13.9. The number of benzene rings is 1. The zero-order valence-electron chi connectivity index (χ0n) is 10.9. The van der Waals surface area contributed by atoms with Crippen molar-refractivity contribution in [1.82, 2.24) is 9.97 Å². The topological polar surface area (TPSA) is 52.1 Å². The zero-order valence-corrected chi connectivity index (χ0v) is 11.7. The average molecular weight is 284 g/mol. The van der Waals surface area contributed by atoms with Crippen molar-refractivity contribution in [3.8, 4) is 10.6 Å². The van der Waals surface area contributed by atoms with E-state index >= 15 is 0 Å². The Morgan fingerprint density at radius 2 is 2.15 bits per heavy atom. The Kier molecular flexibility index (Phi) is 3.43. The van der Waals surface area contributed by atoms with E-state index in [1.54, 1.807) is 18.5 Å². The van der Waals surface area contributed by atoms with Crippen LogP contribution in [0.4, 0.5) is 0 Å². The van der Waals surface area contributed by atoms with E-state index in [1.807, 2.05) is 30.3 Å². The summed E-state index contributed by atoms with van der Waals surface area (Å²) in [6.07, 6.45) is 1.75. The van der Waals surface area contributed by atoms with Crippen LogP contribution in [-0.4, -0.2) is 22.5 Å². The van der Waals surface area contributed by atoms with Gasteiger partial charge in [-0.05, 0) is 19.1 Å². The van der Waals surface area contributed by atoms with Gasteiger partial charge in [0, 0.05) is 22.5 Å². The first-order chi connectivity index (χ1) is 9.79. The van der Waals surface area contributed by atoms with Crippen molar-refractivity contribution in [2.45, 2.75) is 6.92 Å². The molecule has 4 nitrogen and oxygen atoms in total. The van der Waals surface area contributed by atoms with Gasteiger partial charge in [-0.1, -0.05) is 18.2 Å². The molecule has 100 valence electrons. The van der Waals surface area contributed by atoms with Crippen molar-refractivity contribution in [3.05, 3.63) is 47.6 Å². The molecular formula is C15H12N2O2S. The maximum absolute atomic E-state index is 11.7. The van der Waals surface area contributed by atoms with Crippen molar-refractivity contribution in [2.75, 3.05) is 6.61 Å². The molecule has 0 amide bonds. The minimum Gasteiger partial charge on any atom is -0.461 e. The minimum atomic E-state index is -0.381. The molecule has 0 saturated carbocycles. The summed E-state index contributed by atoms with van der Waals surface area (Å²) in [5.41, 5.74) is 2.25. The van der Waals surface area contributed by atoms with Gasteiger partial charge >= 0.3 is 5.97 Å². The lowest BCUT2D eigenvalue weighted by molar-refractivity contribution is 0.0520. The summed E-state index contributed by atoms with van der Waals surface area (Å²) in [5, 5.41) is 3.55. The molecule has 1 aromatic carbocycles. The van der Waals surface area contributed by atoms with Crippen LogP contribution in [-0.2, 0) is 4.74 Å². The van der Waals surface area contributed by atoms with E-state index in [0.29, 0.717) is 12.3 Å². The van der Waals surface area contributed by atoms with E-state index in [2.05, 4.69) is 9.97 Å². The van der Waals surface area contributed by atoms with Gasteiger partial charge in [-0.2, -0.15) is 0 Å². The SMILES string of the molecule is CCOC(=O)c1csc(-c2ccnc3ccccc23)n1. The number of carbonyl (C=O) groups excluding carboxylic acids is 1. The number of thiazole rings is 1. The van der Waals surface area contributed by atoms with E-state index in [-0.39, 0.29) is 5.97 Å². The van der Waals surface area contributed by atoms with Gasteiger partial charge in [-0.25, -0.2) is 9.78 Å². The lowest BCUT2D eigenvalue weighted by Crippen LogP contribution is -2.04. The number of ether oxygens (including phenoxy) is 1. The number of fused-ring (bicyclic) bond motifs is 1. The first-order valence-corrected chi connectivity index (χ1v) is 7.14. The molecule has 5 heteroatoms. The molecule has 0 unspecified atom stereocenters. The van der Waals surface area contributed by atoms with Crippen LogP contribution in [0.1, 0.15) is 17.4 Å². The van der Waals surface area contributed by atoms with Crippen LogP contribution >= 0.6 is 11.3 Å². The summed E-state index contributed by atoms with van der Waals surface area (Å²) in [4.78, 5) is 20.4. The fourth-order valence-electron chi connectivity index (χ4n) is 1.98. The predicted molar refractivity (Wildman–Crippen MR) is 78.8 cm³/mol. The average Bonchev–Trinajstić information content (AvgIpc) is 2.97. The Labute approximate surface area is 120 Å². The molecule has 0 fully saturated rings. The van der Waals surface area contributed by atoms with Crippen LogP contribution in [0, 0.1) is 0 Å². The number of esters is 1. The van der Waals surface area contributed by atoms with Gasteiger partial charge in [0.25, 0.3) is 0 Å². The maximum atomic E-state index is 11.7. The van der Waals surface area contributed by atoms with Gasteiger partial charge in [-0.15, -0.1) is 11.3 Å². The highest BCUT2D eigenvalue weighted by atomic mass is 32.1. The molecule has 0 aliphatic heterocycles. The molecule has 0 spiro atoms. The third-order valence-electron chi connectivity index (χ3n) is 2.87. The van der Waals surface area contributed by atoms with Gasteiger partial charge in [-0.3, -0.25) is 4.98 Å². The lowest BCUT2D eigenvalue weighted by Gasteiger charge is -2.02. The van der Waals surface area contributed by atoms with Crippen LogP contribution in [0.15, 0.2) is 41.9 Å². The fraction of sp³-hybridized carbons (Fsp3) is 0.133. The third kappa shape index (κ3) is 2.28. The Balaban J connectivity index is 2.06. The van der Waals surface area contributed by atoms with E-state index < -0.39 is 0 Å². The van der Waals surface area contributed by atoms with Crippen molar-refractivity contribution in [3.63, 3.8) is 0 Å². The van der Waals surface area contributed by atoms with Gasteiger partial charge in [0.15, 0.2) is 5.69 Å². The summed E-state index contributed by atoms with van der Waals surface area (Å²) >= 11 is 1.43. The first-order valence-electron chi connectivity index (χ1n) is 6.26. The summed E-state index contributed by atoms with van der Waals surface area (Å²) in [7, 11) is 0. The predicted octanol–water partition coefficient (Wildman–Crippen LogP) is 3.54. The summed E-state index contributed by atoms with van der Waals surface area (Å²) in [6, 6.07) is 9.79. The second-order valence-corrected chi connectivity index (χ2v) is 4.99. The number of nitrogens with zero attached hydrogens (tertiary/aromatic N) is 2. The molecule has 0 aliphatic rings. The van der Waals surface area contributed by atoms with Crippen LogP contribution in [0.5, 0.6) is 0 Å². The third-order valence-corrected chi connectivity index (χ3v) is 3.74. The van der Waals surface area contributed by atoms with Crippen LogP contribution in [0.2, 0.25) is 0 Å². The van der Waals surface area contributed by atoms with E-state index in [9.17, 15) is 4.79 Å². The Morgan fingerprint density at radius 1 is 1.30 bits per heavy atom. The standard InChI is InChI=1S/C15H12N2O2S/c1-2-19-15(18)13-9-20-14(17-13)11-7-8-16-12-6-4-3-5-10(11)12/h3-9H,2H2,1H3. The molecule has 3 aromatic rings. The summed E-state index contributed by atoms with van der Waals surface area (Å²) < 4.78 is 4.96. The van der Waals surface area contributed by atoms with Gasteiger partial charge < -0.3 is 4.74 Å². The molecule has 3 rings (SSSR count). The molecule has 2 heterocycles. The van der Waals surface area contributed by atoms with Crippen molar-refractivity contribution in [1.29, 1.82) is 0 Å². The second kappa shape index (κ2) is 5.38. The number of carbonyl (C=O) groups is 1. The maximum Gasteiger partial charge on any atom is 0.357 e. The summed E-state index contributed by atoms with van der Waals surface area (Å²) in [5.74, 6) is -0.381. The van der Waals surface area contributed by atoms with Crippen LogP contribution < -0.4 is 0 Å². The second-order valence-electron chi connectivity index (χ2n) is 4.13. The van der Waals surface area contributed by atoms with Crippen LogP contribution in [0.25, 0.3) is 21.5 Å². The number of pyridine rings is 1. The molecule has 0 N–H and O–H groups in total. The number of para-hydroxylation sites is 1. The lowest BCUT2D eigenvalue weighted by atomic mass is 10.1. The largest absolute Gasteiger partial charge is 0.461 e. The smallest absolute Gasteiger partial charge is 0.357 e. The molecular weight excluding hydrogens is 272 g/mol. The van der Waals surface area contributed by atoms with Crippen molar-refractivity contribution in [2.24, 2.45) is 0 Å². The molecule has 0 atom stereocenters. The van der Waals surface area contributed by atoms with Crippen molar-refractivity contribution >= 4 is 28.2 Å². The van der Waals surface area contributed by atoms with Gasteiger partial charge in [0.1, 0.15) is 5.01 Å². The van der Waals surface area contributed by atoms with Gasteiger partial charge in [0.2, 0.25) is 0 Å². The van der Waals surface area contributed by atoms with E-state index in [4.69, 9.17) is 4.74 Å². The highest BCUT2D eigenvalue weighted by Crippen LogP contribution is 2.29. The van der Waals surface area contributed by atoms with Crippen molar-refractivity contribution < 1.29 is 9.53 Å². The minimum absolute atomic E-state index is 0.351. The molecule has 0 saturated heterocycles. The first kappa shape index (κ1) is 12.7. The molecule has 0 radical (unpaired) electrons. The monoisotopic (exact) mass is 284 g/mol. The van der Waals surface area contributed by atoms with Crippen LogP contribution in [0.3, 0.4) is 0 Å². The Morgan fingerprint density at radius 3 is 3.00 bits per heavy atom. The molecule has 0 bridgehead atoms. The molecule has 2 aromatic heterocycles. The number of rotatable bonds is 3. The quantitative estimate of drug-likeness (QED) is 0.690. The molecule has 0 aliphatic carbocycles. The van der Waals surface area contributed by atoms with E-state index in [1.165, 1.54) is 11.3 Å². The number of aromatic nitrogens is 2. The highest BCUT2D eigenvalue weighted by molar-refractivity contribution is 7.13. The van der Waals surface area contributed by atoms with Gasteiger partial charge in [0.05, 0.1) is 12.1 Å². The number of hydrogen-bond acceptors (Lipinski definition) is 5. The highest BCUT2D eigenvalue weighted by Gasteiger charge is 2.14. The summed E-state index contributed by atoms with van der Waals surface area (Å²) in [6.45, 7) is 2.13. The Bertz CT molecular complexity index is 762.